The van der Waals surface area contributed by atoms with Gasteiger partial charge in [0.25, 0.3) is 0 Å². The first-order valence-electron chi connectivity index (χ1n) is 16.2. The van der Waals surface area contributed by atoms with Crippen molar-refractivity contribution in [3.63, 3.8) is 0 Å². The quantitative estimate of drug-likeness (QED) is 0.189. The van der Waals surface area contributed by atoms with Gasteiger partial charge in [-0.2, -0.15) is 0 Å². The summed E-state index contributed by atoms with van der Waals surface area (Å²) in [5.41, 5.74) is 10.5. The molecule has 0 radical (unpaired) electrons. The fourth-order valence-corrected chi connectivity index (χ4v) is 6.35. The first kappa shape index (κ1) is 32.6. The summed E-state index contributed by atoms with van der Waals surface area (Å²) in [5, 5.41) is 2.65. The van der Waals surface area contributed by atoms with Crippen LogP contribution in [0.4, 0.5) is 0 Å². The second kappa shape index (κ2) is 15.3. The Morgan fingerprint density at radius 3 is 2.41 bits per heavy atom. The summed E-state index contributed by atoms with van der Waals surface area (Å²) < 4.78 is 0. The highest BCUT2D eigenvalue weighted by Crippen LogP contribution is 2.42. The average molecular weight is 550 g/mol. The topological polar surface area (TPSA) is 12.9 Å². The SMILES string of the molecule is C=C/C(C1=CCC(CC)(CC)CC1)=c1/ccc(C(/C=C(/C)CC(C)C)=C(/C)c2cccc(C)n2)c/c1=C/CCCC. The van der Waals surface area contributed by atoms with E-state index in [1.165, 1.54) is 82.4 Å². The van der Waals surface area contributed by atoms with E-state index in [-0.39, 0.29) is 0 Å². The number of nitrogens with zero attached hydrogens (tertiary/aromatic N) is 1. The van der Waals surface area contributed by atoms with Crippen LogP contribution in [-0.2, 0) is 0 Å². The molecular weight excluding hydrogens is 494 g/mol. The van der Waals surface area contributed by atoms with Gasteiger partial charge in [0, 0.05) is 5.69 Å². The van der Waals surface area contributed by atoms with Crippen LogP contribution in [0.1, 0.15) is 123 Å². The smallest absolute Gasteiger partial charge is 0.0668 e. The Hall–Kier alpha value is -2.93. The summed E-state index contributed by atoms with van der Waals surface area (Å²) in [6, 6.07) is 13.4. The highest BCUT2D eigenvalue weighted by atomic mass is 14.7. The number of allylic oxidation sites excluding steroid dienone is 7. The van der Waals surface area contributed by atoms with Crippen LogP contribution in [0.5, 0.6) is 0 Å². The minimum absolute atomic E-state index is 0.469. The predicted octanol–water partition coefficient (Wildman–Crippen LogP) is 10.5. The van der Waals surface area contributed by atoms with Gasteiger partial charge in [-0.1, -0.05) is 115 Å². The molecule has 1 aromatic heterocycles. The molecule has 1 aromatic carbocycles. The molecule has 0 spiro atoms. The van der Waals surface area contributed by atoms with Crippen LogP contribution in [0.25, 0.3) is 22.8 Å². The van der Waals surface area contributed by atoms with Gasteiger partial charge in [0.1, 0.15) is 0 Å². The molecule has 1 aliphatic carbocycles. The lowest BCUT2D eigenvalue weighted by molar-refractivity contribution is 0.233. The van der Waals surface area contributed by atoms with Crippen molar-refractivity contribution in [3.8, 4) is 0 Å². The van der Waals surface area contributed by atoms with Crippen LogP contribution in [0, 0.1) is 18.3 Å². The van der Waals surface area contributed by atoms with E-state index in [1.54, 1.807) is 0 Å². The molecule has 0 aliphatic heterocycles. The third kappa shape index (κ3) is 8.54. The first-order valence-corrected chi connectivity index (χ1v) is 16.2. The van der Waals surface area contributed by atoms with E-state index in [0.717, 1.165) is 30.7 Å². The van der Waals surface area contributed by atoms with E-state index in [9.17, 15) is 0 Å². The molecule has 220 valence electrons. The highest BCUT2D eigenvalue weighted by molar-refractivity contribution is 5.94. The van der Waals surface area contributed by atoms with Crippen LogP contribution < -0.4 is 10.4 Å². The third-order valence-electron chi connectivity index (χ3n) is 9.13. The van der Waals surface area contributed by atoms with E-state index in [4.69, 9.17) is 4.98 Å². The number of hydrogen-bond acceptors (Lipinski definition) is 1. The van der Waals surface area contributed by atoms with E-state index in [1.807, 2.05) is 0 Å². The zero-order valence-corrected chi connectivity index (χ0v) is 27.4. The summed E-state index contributed by atoms with van der Waals surface area (Å²) in [4.78, 5) is 4.90. The molecule has 1 heteroatoms. The van der Waals surface area contributed by atoms with Crippen molar-refractivity contribution in [2.24, 2.45) is 11.3 Å². The van der Waals surface area contributed by atoms with Crippen molar-refractivity contribution in [2.45, 2.75) is 113 Å². The maximum Gasteiger partial charge on any atom is 0.0668 e. The van der Waals surface area contributed by atoms with Crippen molar-refractivity contribution in [1.29, 1.82) is 0 Å². The molecule has 1 aliphatic rings. The Morgan fingerprint density at radius 1 is 1.07 bits per heavy atom. The molecule has 0 amide bonds. The van der Waals surface area contributed by atoms with Gasteiger partial charge in [-0.3, -0.25) is 4.98 Å². The Balaban J connectivity index is 2.27. The molecule has 0 bridgehead atoms. The van der Waals surface area contributed by atoms with E-state index >= 15 is 0 Å². The van der Waals surface area contributed by atoms with E-state index < -0.39 is 0 Å². The van der Waals surface area contributed by atoms with Crippen LogP contribution in [0.15, 0.2) is 72.4 Å². The van der Waals surface area contributed by atoms with Crippen molar-refractivity contribution in [3.05, 3.63) is 99.7 Å². The molecule has 0 N–H and O–H groups in total. The minimum atomic E-state index is 0.469. The average Bonchev–Trinajstić information content (AvgIpc) is 2.97. The van der Waals surface area contributed by atoms with Gasteiger partial charge < -0.3 is 0 Å². The molecular formula is C40H55N. The third-order valence-corrected chi connectivity index (χ3v) is 9.13. The van der Waals surface area contributed by atoms with Crippen LogP contribution in [0.2, 0.25) is 0 Å². The largest absolute Gasteiger partial charge is 0.253 e. The molecule has 1 heterocycles. The van der Waals surface area contributed by atoms with E-state index in [0.29, 0.717) is 11.3 Å². The molecule has 0 saturated carbocycles. The summed E-state index contributed by atoms with van der Waals surface area (Å²) in [7, 11) is 0. The monoisotopic (exact) mass is 549 g/mol. The Kier molecular flexibility index (Phi) is 12.2. The van der Waals surface area contributed by atoms with Gasteiger partial charge in [-0.15, -0.1) is 0 Å². The van der Waals surface area contributed by atoms with Gasteiger partial charge in [0.05, 0.1) is 5.69 Å². The van der Waals surface area contributed by atoms with Crippen LogP contribution in [-0.4, -0.2) is 4.98 Å². The van der Waals surface area contributed by atoms with E-state index in [2.05, 4.69) is 123 Å². The fraction of sp³-hybridized carbons (Fsp3) is 0.475. The second-order valence-electron chi connectivity index (χ2n) is 12.7. The molecule has 0 fully saturated rings. The van der Waals surface area contributed by atoms with Crippen molar-refractivity contribution in [1.82, 2.24) is 4.98 Å². The number of unbranched alkanes of at least 4 members (excludes halogenated alkanes) is 2. The standard InChI is InChI=1S/C40H55N/c1-10-14-15-18-34-28-35(20-21-37(34)36(11-2)33-22-24-40(12-3,13-4)25-23-33)38(27-30(7)26-29(5)6)32(9)39-19-16-17-31(8)41-39/h11,16-22,27-29H,2,10,12-15,23-26H2,1,3-9H3/b30-27-,34-18-,37-36+,38-32-. The second-order valence-corrected chi connectivity index (χ2v) is 12.7. The molecule has 41 heavy (non-hydrogen) atoms. The van der Waals surface area contributed by atoms with Crippen LogP contribution in [0.3, 0.4) is 0 Å². The zero-order chi connectivity index (χ0) is 30.0. The number of pyridine rings is 1. The van der Waals surface area contributed by atoms with Crippen molar-refractivity contribution < 1.29 is 0 Å². The molecule has 2 aromatic rings. The number of hydrogen-bond donors (Lipinski definition) is 0. The molecule has 0 atom stereocenters. The summed E-state index contributed by atoms with van der Waals surface area (Å²) in [5.74, 6) is 0.623. The Bertz CT molecular complexity index is 1400. The lowest BCUT2D eigenvalue weighted by atomic mass is 9.70. The maximum absolute atomic E-state index is 4.90. The van der Waals surface area contributed by atoms with Crippen LogP contribution >= 0.6 is 0 Å². The summed E-state index contributed by atoms with van der Waals surface area (Å²) in [6.07, 6.45) is 20.2. The summed E-state index contributed by atoms with van der Waals surface area (Å²) in [6.45, 7) is 22.5. The molecule has 0 saturated heterocycles. The van der Waals surface area contributed by atoms with Gasteiger partial charge in [0.15, 0.2) is 0 Å². The lowest BCUT2D eigenvalue weighted by Gasteiger charge is -2.35. The lowest BCUT2D eigenvalue weighted by Crippen LogP contribution is -2.29. The number of aryl methyl sites for hydroxylation is 1. The van der Waals surface area contributed by atoms with Crippen molar-refractivity contribution in [2.75, 3.05) is 0 Å². The number of benzene rings is 1. The van der Waals surface area contributed by atoms with Gasteiger partial charge in [-0.25, -0.2) is 0 Å². The van der Waals surface area contributed by atoms with Gasteiger partial charge in [-0.05, 0) is 121 Å². The fourth-order valence-electron chi connectivity index (χ4n) is 6.35. The number of rotatable bonds is 12. The number of aromatic nitrogens is 1. The normalized spacial score (nSPS) is 17.3. The minimum Gasteiger partial charge on any atom is -0.253 e. The zero-order valence-electron chi connectivity index (χ0n) is 27.4. The highest BCUT2D eigenvalue weighted by Gasteiger charge is 2.28. The summed E-state index contributed by atoms with van der Waals surface area (Å²) >= 11 is 0. The first-order chi connectivity index (χ1) is 19.7. The Morgan fingerprint density at radius 2 is 1.83 bits per heavy atom. The van der Waals surface area contributed by atoms with Gasteiger partial charge in [0.2, 0.25) is 0 Å². The van der Waals surface area contributed by atoms with Gasteiger partial charge >= 0.3 is 0 Å². The Labute approximate surface area is 251 Å². The molecule has 1 nitrogen and oxygen atoms in total. The van der Waals surface area contributed by atoms with Crippen molar-refractivity contribution >= 4 is 22.8 Å². The molecule has 3 rings (SSSR count). The maximum atomic E-state index is 4.90. The molecule has 0 unspecified atom stereocenters. The predicted molar refractivity (Wildman–Crippen MR) is 183 cm³/mol.